The maximum Gasteiger partial charge on any atom is 0.223 e. The maximum atomic E-state index is 5.89. The molecule has 0 fully saturated rings. The van der Waals surface area contributed by atoms with Crippen LogP contribution in [-0.2, 0) is 6.42 Å². The highest BCUT2D eigenvalue weighted by Gasteiger charge is 2.08. The first-order valence-electron chi connectivity index (χ1n) is 5.90. The van der Waals surface area contributed by atoms with Crippen LogP contribution in [0.25, 0.3) is 5.69 Å². The molecule has 0 unspecified atom stereocenters. The normalized spacial score (nSPS) is 10.8. The van der Waals surface area contributed by atoms with Crippen LogP contribution in [0.3, 0.4) is 0 Å². The Morgan fingerprint density at radius 2 is 1.82 bits per heavy atom. The number of hydrogen-bond donors (Lipinski definition) is 1. The van der Waals surface area contributed by atoms with E-state index in [1.54, 1.807) is 4.68 Å². The highest BCUT2D eigenvalue weighted by molar-refractivity contribution is 5.42. The molecular formula is C13H18N4. The van der Waals surface area contributed by atoms with Gasteiger partial charge in [0, 0.05) is 6.42 Å². The molecule has 0 radical (unpaired) electrons. The Morgan fingerprint density at radius 1 is 1.18 bits per heavy atom. The zero-order valence-electron chi connectivity index (χ0n) is 10.6. The summed E-state index contributed by atoms with van der Waals surface area (Å²) in [4.78, 5) is 4.27. The second kappa shape index (κ2) is 4.57. The van der Waals surface area contributed by atoms with E-state index in [2.05, 4.69) is 49.1 Å². The molecule has 0 saturated carbocycles. The van der Waals surface area contributed by atoms with Gasteiger partial charge in [0.1, 0.15) is 0 Å². The Hall–Kier alpha value is -1.84. The van der Waals surface area contributed by atoms with Crippen LogP contribution in [0.4, 0.5) is 5.95 Å². The summed E-state index contributed by atoms with van der Waals surface area (Å²) in [5.74, 6) is 1.27. The minimum Gasteiger partial charge on any atom is -0.368 e. The molecule has 0 amide bonds. The van der Waals surface area contributed by atoms with Crippen LogP contribution >= 0.6 is 0 Å². The molecule has 90 valence electrons. The SMILES string of the molecule is CCCc1nc(N)n(-c2cc(C)cc(C)c2)n1. The minimum atomic E-state index is 0.457. The Kier molecular flexibility index (Phi) is 3.13. The quantitative estimate of drug-likeness (QED) is 0.881. The number of nitrogen functional groups attached to an aromatic ring is 1. The number of nitrogens with two attached hydrogens (primary N) is 1. The average Bonchev–Trinajstić information content (AvgIpc) is 2.58. The molecule has 0 bridgehead atoms. The number of aryl methyl sites for hydroxylation is 3. The lowest BCUT2D eigenvalue weighted by molar-refractivity contribution is 0.800. The molecule has 0 atom stereocenters. The Bertz CT molecular complexity index is 508. The first-order chi connectivity index (χ1) is 8.10. The third kappa shape index (κ3) is 2.46. The fraction of sp³-hybridized carbons (Fsp3) is 0.385. The zero-order valence-corrected chi connectivity index (χ0v) is 10.6. The second-order valence-corrected chi connectivity index (χ2v) is 4.39. The molecule has 0 aliphatic rings. The van der Waals surface area contributed by atoms with Crippen LogP contribution in [0.5, 0.6) is 0 Å². The van der Waals surface area contributed by atoms with Crippen molar-refractivity contribution in [2.45, 2.75) is 33.6 Å². The summed E-state index contributed by atoms with van der Waals surface area (Å²) in [6, 6.07) is 6.26. The van der Waals surface area contributed by atoms with E-state index in [9.17, 15) is 0 Å². The summed E-state index contributed by atoms with van der Waals surface area (Å²) < 4.78 is 1.71. The molecule has 2 rings (SSSR count). The van der Waals surface area contributed by atoms with Gasteiger partial charge in [0.2, 0.25) is 5.95 Å². The molecule has 4 heteroatoms. The van der Waals surface area contributed by atoms with Crippen molar-refractivity contribution in [3.63, 3.8) is 0 Å². The average molecular weight is 230 g/mol. The summed E-state index contributed by atoms with van der Waals surface area (Å²) in [7, 11) is 0. The highest BCUT2D eigenvalue weighted by Crippen LogP contribution is 2.16. The topological polar surface area (TPSA) is 56.7 Å². The van der Waals surface area contributed by atoms with Gasteiger partial charge >= 0.3 is 0 Å². The molecule has 0 saturated heterocycles. The number of rotatable bonds is 3. The van der Waals surface area contributed by atoms with Gasteiger partial charge in [-0.05, 0) is 43.5 Å². The third-order valence-electron chi connectivity index (χ3n) is 2.60. The van der Waals surface area contributed by atoms with Crippen LogP contribution in [0.1, 0.15) is 30.3 Å². The van der Waals surface area contributed by atoms with Gasteiger partial charge in [0.15, 0.2) is 5.82 Å². The van der Waals surface area contributed by atoms with E-state index in [4.69, 9.17) is 5.73 Å². The van der Waals surface area contributed by atoms with Gasteiger partial charge in [-0.3, -0.25) is 0 Å². The lowest BCUT2D eigenvalue weighted by Gasteiger charge is -2.05. The van der Waals surface area contributed by atoms with Gasteiger partial charge in [-0.15, -0.1) is 5.10 Å². The van der Waals surface area contributed by atoms with Crippen LogP contribution in [-0.4, -0.2) is 14.8 Å². The third-order valence-corrected chi connectivity index (χ3v) is 2.60. The number of aromatic nitrogens is 3. The molecule has 0 aliphatic carbocycles. The lowest BCUT2D eigenvalue weighted by Crippen LogP contribution is -2.03. The summed E-state index contributed by atoms with van der Waals surface area (Å²) in [6.07, 6.45) is 1.89. The predicted octanol–water partition coefficient (Wildman–Crippen LogP) is 2.42. The van der Waals surface area contributed by atoms with Crippen molar-refractivity contribution >= 4 is 5.95 Å². The molecule has 0 aliphatic heterocycles. The molecule has 0 spiro atoms. The fourth-order valence-corrected chi connectivity index (χ4v) is 1.96. The van der Waals surface area contributed by atoms with Crippen LogP contribution < -0.4 is 5.73 Å². The predicted molar refractivity (Wildman–Crippen MR) is 69.2 cm³/mol. The summed E-state index contributed by atoms with van der Waals surface area (Å²) in [5.41, 5.74) is 9.28. The minimum absolute atomic E-state index is 0.457. The van der Waals surface area contributed by atoms with Gasteiger partial charge < -0.3 is 5.73 Å². The van der Waals surface area contributed by atoms with Gasteiger partial charge in [-0.2, -0.15) is 9.67 Å². The fourth-order valence-electron chi connectivity index (χ4n) is 1.96. The maximum absolute atomic E-state index is 5.89. The van der Waals surface area contributed by atoms with Crippen molar-refractivity contribution < 1.29 is 0 Å². The first kappa shape index (κ1) is 11.6. The van der Waals surface area contributed by atoms with E-state index in [-0.39, 0.29) is 0 Å². The van der Waals surface area contributed by atoms with E-state index >= 15 is 0 Å². The molecule has 17 heavy (non-hydrogen) atoms. The van der Waals surface area contributed by atoms with Crippen LogP contribution in [0.15, 0.2) is 18.2 Å². The van der Waals surface area contributed by atoms with Gasteiger partial charge in [0.25, 0.3) is 0 Å². The van der Waals surface area contributed by atoms with Crippen molar-refractivity contribution in [2.75, 3.05) is 5.73 Å². The van der Waals surface area contributed by atoms with Crippen molar-refractivity contribution in [3.05, 3.63) is 35.2 Å². The van der Waals surface area contributed by atoms with Gasteiger partial charge in [-0.1, -0.05) is 13.0 Å². The summed E-state index contributed by atoms with van der Waals surface area (Å²) in [6.45, 7) is 6.24. The van der Waals surface area contributed by atoms with Crippen LogP contribution in [0, 0.1) is 13.8 Å². The number of benzene rings is 1. The van der Waals surface area contributed by atoms with Crippen molar-refractivity contribution in [3.8, 4) is 5.69 Å². The number of nitrogens with zero attached hydrogens (tertiary/aromatic N) is 3. The Balaban J connectivity index is 2.44. The standard InChI is InChI=1S/C13H18N4/c1-4-5-12-15-13(14)17(16-12)11-7-9(2)6-10(3)8-11/h6-8H,4-5H2,1-3H3,(H2,14,15,16). The summed E-state index contributed by atoms with van der Waals surface area (Å²) in [5, 5.41) is 4.43. The van der Waals surface area contributed by atoms with E-state index in [0.29, 0.717) is 5.95 Å². The molecular weight excluding hydrogens is 212 g/mol. The highest BCUT2D eigenvalue weighted by atomic mass is 15.4. The van der Waals surface area contributed by atoms with E-state index in [1.165, 1.54) is 11.1 Å². The number of anilines is 1. The molecule has 1 aromatic carbocycles. The van der Waals surface area contributed by atoms with Crippen molar-refractivity contribution in [1.82, 2.24) is 14.8 Å². The smallest absolute Gasteiger partial charge is 0.223 e. The zero-order chi connectivity index (χ0) is 12.4. The van der Waals surface area contributed by atoms with E-state index in [0.717, 1.165) is 24.4 Å². The monoisotopic (exact) mass is 230 g/mol. The van der Waals surface area contributed by atoms with Crippen molar-refractivity contribution in [1.29, 1.82) is 0 Å². The van der Waals surface area contributed by atoms with Crippen LogP contribution in [0.2, 0.25) is 0 Å². The first-order valence-corrected chi connectivity index (χ1v) is 5.90. The Morgan fingerprint density at radius 3 is 2.41 bits per heavy atom. The van der Waals surface area contributed by atoms with Gasteiger partial charge in [0.05, 0.1) is 5.69 Å². The molecule has 1 aromatic heterocycles. The van der Waals surface area contributed by atoms with Gasteiger partial charge in [-0.25, -0.2) is 0 Å². The molecule has 4 nitrogen and oxygen atoms in total. The van der Waals surface area contributed by atoms with Crippen molar-refractivity contribution in [2.24, 2.45) is 0 Å². The molecule has 2 N–H and O–H groups in total. The second-order valence-electron chi connectivity index (χ2n) is 4.39. The molecule has 1 heterocycles. The summed E-state index contributed by atoms with van der Waals surface area (Å²) >= 11 is 0. The van der Waals surface area contributed by atoms with E-state index < -0.39 is 0 Å². The van der Waals surface area contributed by atoms with E-state index in [1.807, 2.05) is 0 Å². The largest absolute Gasteiger partial charge is 0.368 e. The lowest BCUT2D eigenvalue weighted by atomic mass is 10.1. The Labute approximate surface area is 101 Å². The molecule has 2 aromatic rings. The number of hydrogen-bond acceptors (Lipinski definition) is 3.